The number of hydrogen-bond donors (Lipinski definition) is 1. The van der Waals surface area contributed by atoms with Crippen molar-refractivity contribution in [2.24, 2.45) is 5.10 Å². The largest absolute Gasteiger partial charge is 0.490 e. The first-order valence-corrected chi connectivity index (χ1v) is 11.7. The molecule has 7 nitrogen and oxygen atoms in total. The van der Waals surface area contributed by atoms with E-state index in [2.05, 4.69) is 17.1 Å². The van der Waals surface area contributed by atoms with Crippen molar-refractivity contribution in [3.63, 3.8) is 0 Å². The number of anilines is 1. The summed E-state index contributed by atoms with van der Waals surface area (Å²) in [6.07, 6.45) is 3.10. The molecule has 0 spiro atoms. The van der Waals surface area contributed by atoms with Crippen LogP contribution in [0.3, 0.4) is 0 Å². The van der Waals surface area contributed by atoms with Crippen LogP contribution in [0, 0.1) is 0 Å². The van der Waals surface area contributed by atoms with Gasteiger partial charge >= 0.3 is 0 Å². The SMILES string of the molecule is C=CCOc1ccc(/C=N\NC(=O)CN(c2cccc(Cl)c2)S(=O)(=O)c2ccccc2)cc1. The van der Waals surface area contributed by atoms with E-state index in [1.165, 1.54) is 24.4 Å². The zero-order chi connectivity index (χ0) is 23.7. The lowest BCUT2D eigenvalue weighted by atomic mass is 10.2. The Balaban J connectivity index is 1.74. The lowest BCUT2D eigenvalue weighted by molar-refractivity contribution is -0.119. The first kappa shape index (κ1) is 24.0. The molecule has 0 heterocycles. The van der Waals surface area contributed by atoms with Crippen LogP contribution in [0.25, 0.3) is 0 Å². The van der Waals surface area contributed by atoms with Gasteiger partial charge in [0.25, 0.3) is 15.9 Å². The molecule has 170 valence electrons. The fourth-order valence-corrected chi connectivity index (χ4v) is 4.43. The third-order valence-electron chi connectivity index (χ3n) is 4.37. The summed E-state index contributed by atoms with van der Waals surface area (Å²) in [5, 5.41) is 4.27. The monoisotopic (exact) mass is 483 g/mol. The normalized spacial score (nSPS) is 11.2. The Hall–Kier alpha value is -3.62. The topological polar surface area (TPSA) is 88.1 Å². The smallest absolute Gasteiger partial charge is 0.264 e. The lowest BCUT2D eigenvalue weighted by Crippen LogP contribution is -2.39. The second kappa shape index (κ2) is 11.3. The molecule has 0 bridgehead atoms. The van der Waals surface area contributed by atoms with Gasteiger partial charge < -0.3 is 4.74 Å². The van der Waals surface area contributed by atoms with Crippen molar-refractivity contribution in [3.05, 3.63) is 102 Å². The zero-order valence-electron chi connectivity index (χ0n) is 17.6. The number of sulfonamides is 1. The summed E-state index contributed by atoms with van der Waals surface area (Å²) in [4.78, 5) is 12.6. The molecule has 0 aliphatic carbocycles. The maximum absolute atomic E-state index is 13.2. The van der Waals surface area contributed by atoms with Crippen molar-refractivity contribution in [2.45, 2.75) is 4.90 Å². The van der Waals surface area contributed by atoms with Crippen LogP contribution in [0.1, 0.15) is 5.56 Å². The Morgan fingerprint density at radius 1 is 1.06 bits per heavy atom. The van der Waals surface area contributed by atoms with Gasteiger partial charge in [0.15, 0.2) is 0 Å². The summed E-state index contributed by atoms with van der Waals surface area (Å²) in [5.41, 5.74) is 3.36. The second-order valence-corrected chi connectivity index (χ2v) is 9.07. The average Bonchev–Trinajstić information content (AvgIpc) is 2.82. The molecule has 9 heteroatoms. The van der Waals surface area contributed by atoms with Gasteiger partial charge in [-0.15, -0.1) is 0 Å². The van der Waals surface area contributed by atoms with Gasteiger partial charge in [-0.05, 0) is 60.2 Å². The minimum atomic E-state index is -4.01. The summed E-state index contributed by atoms with van der Waals surface area (Å²) in [5.74, 6) is 0.0658. The summed E-state index contributed by atoms with van der Waals surface area (Å²) in [6, 6.07) is 21.2. The number of hydrogen-bond acceptors (Lipinski definition) is 5. The molecule has 0 aliphatic rings. The third kappa shape index (κ3) is 6.68. The van der Waals surface area contributed by atoms with Gasteiger partial charge in [-0.3, -0.25) is 9.10 Å². The molecule has 1 N–H and O–H groups in total. The molecule has 1 amide bonds. The van der Waals surface area contributed by atoms with Crippen LogP contribution < -0.4 is 14.5 Å². The third-order valence-corrected chi connectivity index (χ3v) is 6.39. The van der Waals surface area contributed by atoms with E-state index in [1.54, 1.807) is 66.7 Å². The predicted molar refractivity (Wildman–Crippen MR) is 130 cm³/mol. The number of nitrogens with zero attached hydrogens (tertiary/aromatic N) is 2. The molecule has 0 saturated heterocycles. The van der Waals surface area contributed by atoms with Crippen LogP contribution in [0.4, 0.5) is 5.69 Å². The highest BCUT2D eigenvalue weighted by Gasteiger charge is 2.27. The van der Waals surface area contributed by atoms with Crippen molar-refractivity contribution in [3.8, 4) is 5.75 Å². The number of nitrogens with one attached hydrogen (secondary N) is 1. The highest BCUT2D eigenvalue weighted by atomic mass is 35.5. The van der Waals surface area contributed by atoms with Gasteiger partial charge in [0.2, 0.25) is 0 Å². The summed E-state index contributed by atoms with van der Waals surface area (Å²) in [7, 11) is -4.01. The highest BCUT2D eigenvalue weighted by molar-refractivity contribution is 7.92. The Bertz CT molecular complexity index is 1230. The molecule has 0 aliphatic heterocycles. The van der Waals surface area contributed by atoms with E-state index in [1.807, 2.05) is 0 Å². The van der Waals surface area contributed by atoms with Gasteiger partial charge in [-0.25, -0.2) is 13.8 Å². The van der Waals surface area contributed by atoms with Crippen molar-refractivity contribution in [1.82, 2.24) is 5.43 Å². The summed E-state index contributed by atoms with van der Waals surface area (Å²) in [6.45, 7) is 3.51. The zero-order valence-corrected chi connectivity index (χ0v) is 19.2. The van der Waals surface area contributed by atoms with E-state index in [4.69, 9.17) is 16.3 Å². The van der Waals surface area contributed by atoms with Crippen LogP contribution in [0.15, 0.2) is 102 Å². The highest BCUT2D eigenvalue weighted by Crippen LogP contribution is 2.25. The van der Waals surface area contributed by atoms with Crippen molar-refractivity contribution < 1.29 is 17.9 Å². The molecular formula is C24H22ClN3O4S. The number of hydrazone groups is 1. The molecule has 0 aromatic heterocycles. The Morgan fingerprint density at radius 2 is 1.79 bits per heavy atom. The molecule has 0 saturated carbocycles. The van der Waals surface area contributed by atoms with E-state index in [9.17, 15) is 13.2 Å². The maximum atomic E-state index is 13.2. The molecule has 3 aromatic rings. The Labute approximate surface area is 198 Å². The molecule has 3 rings (SSSR count). The quantitative estimate of drug-likeness (QED) is 0.265. The number of ether oxygens (including phenoxy) is 1. The molecule has 0 radical (unpaired) electrons. The molecule has 0 unspecified atom stereocenters. The van der Waals surface area contributed by atoms with Crippen LogP contribution >= 0.6 is 11.6 Å². The van der Waals surface area contributed by atoms with Crippen molar-refractivity contribution in [2.75, 3.05) is 17.5 Å². The number of carbonyl (C=O) groups is 1. The van der Waals surface area contributed by atoms with Gasteiger partial charge in [0.1, 0.15) is 18.9 Å². The average molecular weight is 484 g/mol. The fourth-order valence-electron chi connectivity index (χ4n) is 2.82. The van der Waals surface area contributed by atoms with Crippen molar-refractivity contribution in [1.29, 1.82) is 0 Å². The number of halogens is 1. The number of amides is 1. The standard InChI is InChI=1S/C24H22ClN3O4S/c1-2-15-32-22-13-11-19(12-14-22)17-26-27-24(29)18-28(21-8-6-7-20(25)16-21)33(30,31)23-9-4-3-5-10-23/h2-14,16-17H,1,15,18H2,(H,27,29)/b26-17-. The predicted octanol–water partition coefficient (Wildman–Crippen LogP) is 4.25. The van der Waals surface area contributed by atoms with Gasteiger partial charge in [-0.1, -0.05) is 48.5 Å². The minimum absolute atomic E-state index is 0.0556. The van der Waals surface area contributed by atoms with E-state index >= 15 is 0 Å². The number of benzene rings is 3. The first-order valence-electron chi connectivity index (χ1n) is 9.89. The fraction of sp³-hybridized carbons (Fsp3) is 0.0833. The van der Waals surface area contributed by atoms with Crippen LogP contribution in [-0.2, 0) is 14.8 Å². The van der Waals surface area contributed by atoms with Crippen LogP contribution in [0.5, 0.6) is 5.75 Å². The molecule has 33 heavy (non-hydrogen) atoms. The van der Waals surface area contributed by atoms with E-state index < -0.39 is 22.5 Å². The summed E-state index contributed by atoms with van der Waals surface area (Å²) >= 11 is 6.05. The maximum Gasteiger partial charge on any atom is 0.264 e. The van der Waals surface area contributed by atoms with Gasteiger partial charge in [-0.2, -0.15) is 5.10 Å². The van der Waals surface area contributed by atoms with E-state index in [0.29, 0.717) is 17.4 Å². The summed E-state index contributed by atoms with van der Waals surface area (Å²) < 4.78 is 32.9. The van der Waals surface area contributed by atoms with Crippen molar-refractivity contribution >= 4 is 39.4 Å². The number of carbonyl (C=O) groups excluding carboxylic acids is 1. The van der Waals surface area contributed by atoms with Crippen LogP contribution in [-0.4, -0.2) is 33.7 Å². The van der Waals surface area contributed by atoms with Crippen LogP contribution in [0.2, 0.25) is 5.02 Å². The van der Waals surface area contributed by atoms with E-state index in [0.717, 1.165) is 9.87 Å². The molecule has 0 atom stereocenters. The molecule has 0 fully saturated rings. The second-order valence-electron chi connectivity index (χ2n) is 6.77. The molecule has 3 aromatic carbocycles. The van der Waals surface area contributed by atoms with Gasteiger partial charge in [0.05, 0.1) is 16.8 Å². The van der Waals surface area contributed by atoms with E-state index in [-0.39, 0.29) is 10.6 Å². The first-order chi connectivity index (χ1) is 15.9. The Kier molecular flexibility index (Phi) is 8.23. The molecular weight excluding hydrogens is 462 g/mol. The lowest BCUT2D eigenvalue weighted by Gasteiger charge is -2.23. The Morgan fingerprint density at radius 3 is 2.45 bits per heavy atom. The van der Waals surface area contributed by atoms with Gasteiger partial charge in [0, 0.05) is 5.02 Å². The number of rotatable bonds is 10. The minimum Gasteiger partial charge on any atom is -0.490 e.